The zero-order valence-corrected chi connectivity index (χ0v) is 8.14. The lowest BCUT2D eigenvalue weighted by molar-refractivity contribution is -0.138. The van der Waals surface area contributed by atoms with E-state index in [1.807, 2.05) is 0 Å². The van der Waals surface area contributed by atoms with Crippen LogP contribution in [0.3, 0.4) is 0 Å². The van der Waals surface area contributed by atoms with Crippen molar-refractivity contribution in [2.75, 3.05) is 13.2 Å². The summed E-state index contributed by atoms with van der Waals surface area (Å²) in [5.74, 6) is -0.262. The zero-order valence-electron chi connectivity index (χ0n) is 8.14. The molecule has 0 aromatic rings. The number of ether oxygens (including phenoxy) is 1. The second-order valence-electron chi connectivity index (χ2n) is 3.25. The van der Waals surface area contributed by atoms with E-state index in [2.05, 4.69) is 11.9 Å². The van der Waals surface area contributed by atoms with Crippen molar-refractivity contribution in [3.8, 4) is 0 Å². The summed E-state index contributed by atoms with van der Waals surface area (Å²) in [4.78, 5) is 11.3. The van der Waals surface area contributed by atoms with Crippen LogP contribution >= 0.6 is 0 Å². The molecule has 0 amide bonds. The maximum Gasteiger partial charge on any atom is 0.334 e. The van der Waals surface area contributed by atoms with Crippen molar-refractivity contribution in [3.05, 3.63) is 12.2 Å². The number of nitrogens with one attached hydrogen (secondary N) is 1. The third-order valence-corrected chi connectivity index (χ3v) is 2.27. The van der Waals surface area contributed by atoms with Crippen LogP contribution < -0.4 is 5.32 Å². The number of esters is 1. The van der Waals surface area contributed by atoms with E-state index in [9.17, 15) is 4.79 Å². The van der Waals surface area contributed by atoms with Crippen LogP contribution in [0.2, 0.25) is 0 Å². The Morgan fingerprint density at radius 2 is 2.38 bits per heavy atom. The fourth-order valence-corrected chi connectivity index (χ4v) is 1.52. The first-order valence-electron chi connectivity index (χ1n) is 4.85. The minimum Gasteiger partial charge on any atom is -0.463 e. The molecule has 0 aliphatic carbocycles. The Hall–Kier alpha value is -0.830. The van der Waals surface area contributed by atoms with Crippen LogP contribution in [0.4, 0.5) is 0 Å². The van der Waals surface area contributed by atoms with Crippen molar-refractivity contribution < 1.29 is 9.53 Å². The summed E-state index contributed by atoms with van der Waals surface area (Å²) in [5, 5.41) is 3.26. The van der Waals surface area contributed by atoms with Crippen molar-refractivity contribution in [2.45, 2.75) is 32.2 Å². The molecule has 1 aliphatic heterocycles. The van der Waals surface area contributed by atoms with Crippen LogP contribution in [0.25, 0.3) is 0 Å². The lowest BCUT2D eigenvalue weighted by Gasteiger charge is -2.24. The van der Waals surface area contributed by atoms with Crippen LogP contribution in [0.15, 0.2) is 12.2 Å². The molecule has 1 atom stereocenters. The number of piperidine rings is 1. The van der Waals surface area contributed by atoms with Gasteiger partial charge in [-0.05, 0) is 26.3 Å². The average molecular weight is 183 g/mol. The molecular formula is C10H17NO2. The van der Waals surface area contributed by atoms with Gasteiger partial charge in [-0.3, -0.25) is 0 Å². The maximum atomic E-state index is 11.3. The van der Waals surface area contributed by atoms with Crippen LogP contribution in [-0.2, 0) is 9.53 Å². The van der Waals surface area contributed by atoms with Gasteiger partial charge in [-0.15, -0.1) is 0 Å². The molecule has 0 bridgehead atoms. The molecule has 0 radical (unpaired) electrons. The van der Waals surface area contributed by atoms with Gasteiger partial charge in [-0.2, -0.15) is 0 Å². The molecule has 1 unspecified atom stereocenters. The predicted molar refractivity (Wildman–Crippen MR) is 51.4 cm³/mol. The normalized spacial score (nSPS) is 22.4. The smallest absolute Gasteiger partial charge is 0.334 e. The highest BCUT2D eigenvalue weighted by molar-refractivity contribution is 5.89. The first-order chi connectivity index (χ1) is 6.25. The van der Waals surface area contributed by atoms with E-state index in [0.717, 1.165) is 19.4 Å². The van der Waals surface area contributed by atoms with Gasteiger partial charge in [0.1, 0.15) is 0 Å². The lowest BCUT2D eigenvalue weighted by atomic mass is 9.99. The quantitative estimate of drug-likeness (QED) is 0.528. The lowest BCUT2D eigenvalue weighted by Crippen LogP contribution is -2.37. The van der Waals surface area contributed by atoms with Crippen LogP contribution in [0, 0.1) is 0 Å². The van der Waals surface area contributed by atoms with Crippen LogP contribution in [0.5, 0.6) is 0 Å². The monoisotopic (exact) mass is 183 g/mol. The van der Waals surface area contributed by atoms with E-state index >= 15 is 0 Å². The number of carbonyl (C=O) groups is 1. The molecule has 1 saturated heterocycles. The SMILES string of the molecule is C=C(C(=O)OCC)C1CCCCN1. The number of carbonyl (C=O) groups excluding carboxylic acids is 1. The standard InChI is InChI=1S/C10H17NO2/c1-3-13-10(12)8(2)9-6-4-5-7-11-9/h9,11H,2-7H2,1H3. The largest absolute Gasteiger partial charge is 0.463 e. The second-order valence-corrected chi connectivity index (χ2v) is 3.25. The number of hydrogen-bond acceptors (Lipinski definition) is 3. The summed E-state index contributed by atoms with van der Waals surface area (Å²) in [6, 6.07) is 0.132. The van der Waals surface area contributed by atoms with Crippen molar-refractivity contribution in [2.24, 2.45) is 0 Å². The van der Waals surface area contributed by atoms with Crippen molar-refractivity contribution >= 4 is 5.97 Å². The summed E-state index contributed by atoms with van der Waals surface area (Å²) in [6.07, 6.45) is 3.35. The van der Waals surface area contributed by atoms with Gasteiger partial charge in [0.25, 0.3) is 0 Å². The second kappa shape index (κ2) is 5.02. The molecule has 1 heterocycles. The summed E-state index contributed by atoms with van der Waals surface area (Å²) in [7, 11) is 0. The van der Waals surface area contributed by atoms with Gasteiger partial charge >= 0.3 is 5.97 Å². The third kappa shape index (κ3) is 2.84. The highest BCUT2D eigenvalue weighted by atomic mass is 16.5. The zero-order chi connectivity index (χ0) is 9.68. The van der Waals surface area contributed by atoms with E-state index in [1.165, 1.54) is 6.42 Å². The minimum absolute atomic E-state index is 0.132. The summed E-state index contributed by atoms with van der Waals surface area (Å²) in [6.45, 7) is 6.96. The fraction of sp³-hybridized carbons (Fsp3) is 0.700. The molecule has 1 N–H and O–H groups in total. The van der Waals surface area contributed by atoms with Crippen LogP contribution in [-0.4, -0.2) is 25.2 Å². The van der Waals surface area contributed by atoms with Gasteiger partial charge in [0.2, 0.25) is 0 Å². The Balaban J connectivity index is 2.40. The Bertz CT molecular complexity index is 195. The molecule has 0 aromatic heterocycles. The average Bonchev–Trinajstić information content (AvgIpc) is 2.18. The minimum atomic E-state index is -0.262. The Kier molecular flexibility index (Phi) is 3.96. The highest BCUT2D eigenvalue weighted by Crippen LogP contribution is 2.14. The summed E-state index contributed by atoms with van der Waals surface area (Å²) in [5.41, 5.74) is 0.571. The molecule has 0 saturated carbocycles. The molecule has 1 fully saturated rings. The molecule has 13 heavy (non-hydrogen) atoms. The highest BCUT2D eigenvalue weighted by Gasteiger charge is 2.21. The van der Waals surface area contributed by atoms with Gasteiger partial charge in [-0.25, -0.2) is 4.79 Å². The van der Waals surface area contributed by atoms with Gasteiger partial charge < -0.3 is 10.1 Å². The molecule has 0 aromatic carbocycles. The molecule has 74 valence electrons. The van der Waals surface area contributed by atoms with Crippen molar-refractivity contribution in [3.63, 3.8) is 0 Å². The predicted octanol–water partition coefficient (Wildman–Crippen LogP) is 1.25. The molecule has 3 nitrogen and oxygen atoms in total. The first-order valence-corrected chi connectivity index (χ1v) is 4.85. The van der Waals surface area contributed by atoms with Crippen molar-refractivity contribution in [1.82, 2.24) is 5.32 Å². The Morgan fingerprint density at radius 1 is 1.62 bits per heavy atom. The van der Waals surface area contributed by atoms with Gasteiger partial charge in [0.05, 0.1) is 6.61 Å². The van der Waals surface area contributed by atoms with Gasteiger partial charge in [0.15, 0.2) is 0 Å². The number of rotatable bonds is 3. The molecule has 3 heteroatoms. The maximum absolute atomic E-state index is 11.3. The van der Waals surface area contributed by atoms with E-state index in [4.69, 9.17) is 4.74 Å². The van der Waals surface area contributed by atoms with Crippen LogP contribution in [0.1, 0.15) is 26.2 Å². The van der Waals surface area contributed by atoms with E-state index in [1.54, 1.807) is 6.92 Å². The molecule has 1 rings (SSSR count). The summed E-state index contributed by atoms with van der Waals surface area (Å²) >= 11 is 0. The molecule has 1 aliphatic rings. The Morgan fingerprint density at radius 3 is 2.92 bits per heavy atom. The molecular weight excluding hydrogens is 166 g/mol. The first kappa shape index (κ1) is 10.3. The topological polar surface area (TPSA) is 38.3 Å². The fourth-order valence-electron chi connectivity index (χ4n) is 1.52. The van der Waals surface area contributed by atoms with E-state index < -0.39 is 0 Å². The molecule has 0 spiro atoms. The van der Waals surface area contributed by atoms with E-state index in [0.29, 0.717) is 12.2 Å². The Labute approximate surface area is 79.2 Å². The number of hydrogen-bond donors (Lipinski definition) is 1. The van der Waals surface area contributed by atoms with E-state index in [-0.39, 0.29) is 12.0 Å². The van der Waals surface area contributed by atoms with Gasteiger partial charge in [0, 0.05) is 11.6 Å². The van der Waals surface area contributed by atoms with Crippen molar-refractivity contribution in [1.29, 1.82) is 0 Å². The third-order valence-electron chi connectivity index (χ3n) is 2.27. The summed E-state index contributed by atoms with van der Waals surface area (Å²) < 4.78 is 4.88. The van der Waals surface area contributed by atoms with Gasteiger partial charge in [-0.1, -0.05) is 13.0 Å².